The van der Waals surface area contributed by atoms with Crippen LogP contribution in [0.2, 0.25) is 5.15 Å². The van der Waals surface area contributed by atoms with Crippen LogP contribution in [0.5, 0.6) is 5.88 Å². The number of pyridine rings is 5. The van der Waals surface area contributed by atoms with E-state index in [2.05, 4.69) is 160 Å². The predicted octanol–water partition coefficient (Wildman–Crippen LogP) is 13.7. The highest BCUT2D eigenvalue weighted by molar-refractivity contribution is 7.93. The zero-order valence-corrected chi connectivity index (χ0v) is 86.9. The molecular weight excluding hydrogens is 1920 g/mol. The Labute approximate surface area is 829 Å². The summed E-state index contributed by atoms with van der Waals surface area (Å²) in [5, 5.41) is 9.79. The number of allylic oxidation sites excluding steroid dienone is 4. The lowest BCUT2D eigenvalue weighted by molar-refractivity contribution is 0.0985. The van der Waals surface area contributed by atoms with Crippen LogP contribution in [0.25, 0.3) is 81.2 Å². The Morgan fingerprint density at radius 2 is 0.681 bits per heavy atom. The third-order valence-corrected chi connectivity index (χ3v) is 26.8. The number of morpholine rings is 5. The van der Waals surface area contributed by atoms with Crippen LogP contribution in [0.1, 0.15) is 102 Å². The number of fused-ring (bicyclic) bond motifs is 5. The van der Waals surface area contributed by atoms with Gasteiger partial charge in [-0.3, -0.25) is 15.0 Å². The third kappa shape index (κ3) is 25.9. The molecule has 4 aliphatic carbocycles. The molecule has 38 nitrogen and oxygen atoms in total. The summed E-state index contributed by atoms with van der Waals surface area (Å²) in [4.78, 5) is 84.6. The molecule has 5 saturated heterocycles. The van der Waals surface area contributed by atoms with Crippen LogP contribution < -0.4 is 29.2 Å². The van der Waals surface area contributed by atoms with E-state index in [-0.39, 0.29) is 30.2 Å². The second-order valence-corrected chi connectivity index (χ2v) is 49.8. The van der Waals surface area contributed by atoms with E-state index < -0.39 is 48.6 Å². The van der Waals surface area contributed by atoms with Crippen molar-refractivity contribution in [3.63, 3.8) is 0 Å². The minimum Gasteiger partial charge on any atom is -0.481 e. The summed E-state index contributed by atoms with van der Waals surface area (Å²) < 4.78 is 116. The minimum atomic E-state index is -2.40. The molecule has 10 aromatic heterocycles. The molecule has 5 fully saturated rings. The number of nitrogens with zero attached hydrogens (tertiary/aromatic N) is 27. The van der Waals surface area contributed by atoms with Gasteiger partial charge in [0.2, 0.25) is 5.88 Å². The number of aromatic nitrogens is 15. The summed E-state index contributed by atoms with van der Waals surface area (Å²) in [5.74, 6) is 8.91. The molecule has 141 heavy (non-hydrogen) atoms. The van der Waals surface area contributed by atoms with Crippen molar-refractivity contribution in [2.24, 2.45) is 26.8 Å². The smallest absolute Gasteiger partial charge is 0.213 e. The summed E-state index contributed by atoms with van der Waals surface area (Å²) in [7, 11) is -10.2. The highest BCUT2D eigenvalue weighted by Gasteiger charge is 2.32. The molecule has 0 amide bonds. The molecule has 0 unspecified atom stereocenters. The highest BCUT2D eigenvalue weighted by atomic mass is 35.5. The fourth-order valence-electron chi connectivity index (χ4n) is 17.3. The van der Waals surface area contributed by atoms with Crippen LogP contribution in [0.3, 0.4) is 0 Å². The van der Waals surface area contributed by atoms with Crippen molar-refractivity contribution in [3.8, 4) is 68.9 Å². The Kier molecular flexibility index (Phi) is 31.3. The molecule has 0 spiro atoms. The second kappa shape index (κ2) is 43.4. The Morgan fingerprint density at radius 1 is 0.376 bits per heavy atom. The van der Waals surface area contributed by atoms with E-state index in [0.717, 1.165) is 159 Å². The number of hydrogen-bond donors (Lipinski definition) is 0. The highest BCUT2D eigenvalue weighted by Crippen LogP contribution is 2.41. The van der Waals surface area contributed by atoms with Gasteiger partial charge in [0.25, 0.3) is 0 Å². The lowest BCUT2D eigenvalue weighted by atomic mass is 10.1. The van der Waals surface area contributed by atoms with E-state index in [4.69, 9.17) is 64.9 Å². The van der Waals surface area contributed by atoms with E-state index in [1.165, 1.54) is 0 Å². The number of methoxy groups -OCH3 is 1. The first-order chi connectivity index (χ1) is 67.2. The van der Waals surface area contributed by atoms with Gasteiger partial charge < -0.3 is 52.9 Å². The van der Waals surface area contributed by atoms with Crippen LogP contribution in [0.4, 0.5) is 58.2 Å². The summed E-state index contributed by atoms with van der Waals surface area (Å²) in [6.45, 7) is 23.0. The average molecular weight is 2030 g/mol. The van der Waals surface area contributed by atoms with Crippen LogP contribution in [0.15, 0.2) is 118 Å². The quantitative estimate of drug-likeness (QED) is 0.0811. The maximum absolute atomic E-state index is 12.3. The maximum Gasteiger partial charge on any atom is 0.213 e. The standard InChI is InChI=1S/C20H22N6O2S.C20H25N5O3S.C20H25N5O2S.C19H22ClN5O2S.C18H22N6O2S/c1-13-12-28-8-7-26(13)19-10-18(25-29(2,3)27)23-20(24-19)16-9-14(11-21)22-17-6-4-5-15(16)17;1-13-12-28-9-8-25(13)18-11-17(24-29(3,4)26)22-20(23-18)15-10-19(27-2)21-16-7-5-6-14(15)16;1-13-10-16(15-6-5-7-17(15)21-13)20-22-18(24-28(3,4)26)11-19(23-20)25-8-9-27-12-14(25)2;1-12-11-27-8-7-25(12)18-10-17(24-28(2,3)26)22-19(23-18)14-9-16(20)21-15-6-4-5-13(14)15;1-12-11-26-7-6-24(12)17-8-16(23-27(2,3)25)21-18(22-17)13-4-5-20-15-10-19-9-14(13)15/h4-5,9-10,13H,6-8,12H2,1-3H3;5-6,10-11,13H,7-9,12H2,1-4H3;5-6,10-11,14H,7-9,12H2,1-4H3;4-5,9-10,12H,6-8,11H2,1-3H3;4-5,8-9,12H,6-7,10-11H2,1-3H3/t2*13-;14-;2*12-/m11111/s1. The fourth-order valence-corrected chi connectivity index (χ4v) is 20.2. The fraction of sp³-hybridized carbons (Fsp3) is 0.433. The van der Waals surface area contributed by atoms with Crippen molar-refractivity contribution >= 4 is 149 Å². The predicted molar refractivity (Wildman–Crippen MR) is 558 cm³/mol. The molecule has 0 N–H and O–H groups in total. The summed E-state index contributed by atoms with van der Waals surface area (Å²) in [6, 6.07) is 21.2. The molecule has 10 aromatic rings. The SMILES string of the molecule is COc1cc(-c2nc(N=S(C)(C)=O)cc(N3CCOC[C@H]3C)n2)c2c(n1)CC=C2.C[C@@H]1COCCN1c1cc(N=S(C)(C)=O)nc(-c2cc(C#N)nc3c2C=CC3)n1.C[C@@H]1COCCN1c1cc(N=S(C)(C)=O)nc(-c2cc(Cl)nc3c2C=CC3)n1.C[C@@H]1COCCN1c1cc(N=S(C)(C)=O)nc(-c2ccnc3c2C=NC3)n1.Cc1cc(-c2nc(N=S(C)(C)=O)cc(N3CCOC[C@H]3C)n2)c2c(n1)CC=C2. The largest absolute Gasteiger partial charge is 0.481 e. The molecule has 16 heterocycles. The molecule has 0 aromatic carbocycles. The molecule has 0 radical (unpaired) electrons. The summed E-state index contributed by atoms with van der Waals surface area (Å²) >= 11 is 6.25. The van der Waals surface area contributed by atoms with Gasteiger partial charge in [-0.15, -0.1) is 0 Å². The van der Waals surface area contributed by atoms with Crippen molar-refractivity contribution in [1.82, 2.24) is 74.8 Å². The average Bonchev–Trinajstić information content (AvgIpc) is 1.74. The van der Waals surface area contributed by atoms with Gasteiger partial charge in [-0.1, -0.05) is 60.2 Å². The van der Waals surface area contributed by atoms with E-state index in [1.54, 1.807) is 112 Å². The van der Waals surface area contributed by atoms with Gasteiger partial charge in [-0.2, -0.15) is 27.1 Å². The molecule has 742 valence electrons. The van der Waals surface area contributed by atoms with Gasteiger partial charge in [0.15, 0.2) is 58.2 Å². The van der Waals surface area contributed by atoms with Crippen molar-refractivity contribution in [1.29, 1.82) is 5.26 Å². The lowest BCUT2D eigenvalue weighted by Crippen LogP contribution is -2.44. The normalized spacial score (nSPS) is 18.8. The van der Waals surface area contributed by atoms with Gasteiger partial charge in [0.05, 0.1) is 138 Å². The third-order valence-electron chi connectivity index (χ3n) is 23.4. The number of aryl methyl sites for hydroxylation is 1. The zero-order valence-electron chi connectivity index (χ0n) is 82.1. The number of nitriles is 1. The Bertz CT molecular complexity index is 7230. The van der Waals surface area contributed by atoms with Crippen LogP contribution in [0, 0.1) is 18.3 Å². The molecule has 10 aliphatic rings. The number of halogens is 1. The first-order valence-electron chi connectivity index (χ1n) is 46.1. The molecular formula is C97H116ClN27O11S5. The van der Waals surface area contributed by atoms with Crippen molar-refractivity contribution in [2.45, 2.75) is 104 Å². The second-order valence-electron chi connectivity index (χ2n) is 36.7. The Balaban J connectivity index is 0.000000127. The van der Waals surface area contributed by atoms with Crippen molar-refractivity contribution in [2.75, 3.05) is 193 Å². The molecule has 20 rings (SSSR count). The van der Waals surface area contributed by atoms with Gasteiger partial charge >= 0.3 is 0 Å². The van der Waals surface area contributed by atoms with Crippen molar-refractivity contribution in [3.05, 3.63) is 164 Å². The van der Waals surface area contributed by atoms with E-state index in [1.807, 2.05) is 67.8 Å². The number of rotatable bonds is 16. The minimum absolute atomic E-state index is 0.143. The number of hydrogen-bond acceptors (Lipinski definition) is 38. The van der Waals surface area contributed by atoms with Gasteiger partial charge in [-0.05, 0) is 65.8 Å². The van der Waals surface area contributed by atoms with Gasteiger partial charge in [-0.25, -0.2) is 85.8 Å². The summed E-state index contributed by atoms with van der Waals surface area (Å²) in [5.41, 5.74) is 14.9. The topological polar surface area (TPSA) is 448 Å². The van der Waals surface area contributed by atoms with Crippen LogP contribution in [-0.2, 0) is 105 Å². The zero-order chi connectivity index (χ0) is 100.0. The summed E-state index contributed by atoms with van der Waals surface area (Å²) in [6.07, 6.45) is 38.8. The Morgan fingerprint density at radius 3 is 1.01 bits per heavy atom. The first kappa shape index (κ1) is 102. The monoisotopic (exact) mass is 2030 g/mol. The van der Waals surface area contributed by atoms with Crippen LogP contribution >= 0.6 is 11.6 Å². The number of anilines is 5. The Hall–Kier alpha value is -12.1. The molecule has 0 saturated carbocycles. The van der Waals surface area contributed by atoms with E-state index >= 15 is 0 Å². The number of ether oxygens (including phenoxy) is 6. The van der Waals surface area contributed by atoms with Crippen molar-refractivity contribution < 1.29 is 49.5 Å². The molecule has 5 atom stereocenters. The lowest BCUT2D eigenvalue weighted by Gasteiger charge is -2.34. The number of aliphatic imine (C=N–C) groups is 1. The van der Waals surface area contributed by atoms with Gasteiger partial charge in [0.1, 0.15) is 46.0 Å². The van der Waals surface area contributed by atoms with E-state index in [0.29, 0.717) is 166 Å². The van der Waals surface area contributed by atoms with E-state index in [9.17, 15) is 26.3 Å². The molecule has 0 bridgehead atoms. The molecule has 6 aliphatic heterocycles. The maximum atomic E-state index is 12.3. The van der Waals surface area contributed by atoms with Crippen LogP contribution in [-0.4, -0.2) is 301 Å². The van der Waals surface area contributed by atoms with Gasteiger partial charge in [0, 0.05) is 280 Å². The molecule has 44 heteroatoms. The first-order valence-corrected chi connectivity index (χ1v) is 58.1.